The lowest BCUT2D eigenvalue weighted by Gasteiger charge is -1.97. The molecule has 0 bridgehead atoms. The minimum absolute atomic E-state index is 0.339. The zero-order valence-electron chi connectivity index (χ0n) is 12.2. The zero-order chi connectivity index (χ0) is 16.2. The lowest BCUT2D eigenvalue weighted by Crippen LogP contribution is -2.17. The maximum Gasteiger partial charge on any atom is 0.274 e. The first-order chi connectivity index (χ1) is 11.1. The summed E-state index contributed by atoms with van der Waals surface area (Å²) in [4.78, 5) is 11.9. The summed E-state index contributed by atoms with van der Waals surface area (Å²) in [5.74, 6) is 1.39. The van der Waals surface area contributed by atoms with E-state index in [2.05, 4.69) is 10.5 Å². The number of carbonyl (C=O) groups is 1. The monoisotopic (exact) mass is 328 g/mol. The molecule has 0 saturated heterocycles. The summed E-state index contributed by atoms with van der Waals surface area (Å²) < 4.78 is 10.7. The molecular formula is C17H13ClN2O3. The van der Waals surface area contributed by atoms with E-state index in [4.69, 9.17) is 20.4 Å². The van der Waals surface area contributed by atoms with Gasteiger partial charge < -0.3 is 8.83 Å². The Labute approximate surface area is 137 Å². The summed E-state index contributed by atoms with van der Waals surface area (Å²) in [6, 6.07) is 12.5. The van der Waals surface area contributed by atoms with Crippen molar-refractivity contribution in [1.29, 1.82) is 0 Å². The van der Waals surface area contributed by atoms with Gasteiger partial charge in [-0.05, 0) is 37.3 Å². The van der Waals surface area contributed by atoms with Crippen LogP contribution in [0.3, 0.4) is 0 Å². The lowest BCUT2D eigenvalue weighted by atomic mass is 10.2. The van der Waals surface area contributed by atoms with Crippen LogP contribution >= 0.6 is 11.6 Å². The number of aryl methyl sites for hydroxylation is 1. The van der Waals surface area contributed by atoms with Gasteiger partial charge in [-0.2, -0.15) is 5.10 Å². The Bertz CT molecular complexity index is 864. The fourth-order valence-electron chi connectivity index (χ4n) is 2.05. The van der Waals surface area contributed by atoms with E-state index in [0.29, 0.717) is 27.9 Å². The number of amides is 1. The largest absolute Gasteiger partial charge is 0.469 e. The van der Waals surface area contributed by atoms with Gasteiger partial charge in [-0.3, -0.25) is 4.79 Å². The molecule has 116 valence electrons. The number of nitrogens with one attached hydrogen (secondary N) is 1. The SMILES string of the molecule is Cc1occc1C(=O)NN=Cc1ccc(-c2cccc(Cl)c2)o1. The highest BCUT2D eigenvalue weighted by atomic mass is 35.5. The Morgan fingerprint density at radius 2 is 2.13 bits per heavy atom. The van der Waals surface area contributed by atoms with Crippen LogP contribution in [-0.4, -0.2) is 12.1 Å². The summed E-state index contributed by atoms with van der Waals surface area (Å²) in [5.41, 5.74) is 3.74. The summed E-state index contributed by atoms with van der Waals surface area (Å²) >= 11 is 5.96. The van der Waals surface area contributed by atoms with Gasteiger partial charge in [0.2, 0.25) is 0 Å². The highest BCUT2D eigenvalue weighted by Crippen LogP contribution is 2.24. The van der Waals surface area contributed by atoms with Crippen molar-refractivity contribution in [3.63, 3.8) is 0 Å². The van der Waals surface area contributed by atoms with E-state index in [1.807, 2.05) is 24.3 Å². The summed E-state index contributed by atoms with van der Waals surface area (Å²) in [7, 11) is 0. The summed E-state index contributed by atoms with van der Waals surface area (Å²) in [6.45, 7) is 1.71. The molecule has 1 aromatic carbocycles. The molecule has 0 fully saturated rings. The molecule has 0 aliphatic rings. The molecule has 0 unspecified atom stereocenters. The molecule has 2 heterocycles. The van der Waals surface area contributed by atoms with Crippen LogP contribution in [0, 0.1) is 6.92 Å². The van der Waals surface area contributed by atoms with Gasteiger partial charge in [0.25, 0.3) is 5.91 Å². The van der Waals surface area contributed by atoms with Crippen LogP contribution in [0.5, 0.6) is 0 Å². The van der Waals surface area contributed by atoms with E-state index in [-0.39, 0.29) is 5.91 Å². The van der Waals surface area contributed by atoms with E-state index in [1.165, 1.54) is 12.5 Å². The second kappa shape index (κ2) is 6.54. The number of hydrogen-bond donors (Lipinski definition) is 1. The van der Waals surface area contributed by atoms with Gasteiger partial charge in [-0.25, -0.2) is 5.43 Å². The van der Waals surface area contributed by atoms with Gasteiger partial charge in [-0.1, -0.05) is 23.7 Å². The number of furan rings is 2. The third-order valence-corrected chi connectivity index (χ3v) is 3.43. The number of rotatable bonds is 4. The quantitative estimate of drug-likeness (QED) is 0.574. The van der Waals surface area contributed by atoms with Crippen LogP contribution in [0.25, 0.3) is 11.3 Å². The number of benzene rings is 1. The van der Waals surface area contributed by atoms with Crippen LogP contribution in [-0.2, 0) is 0 Å². The van der Waals surface area contributed by atoms with Crippen molar-refractivity contribution < 1.29 is 13.6 Å². The van der Waals surface area contributed by atoms with E-state index >= 15 is 0 Å². The van der Waals surface area contributed by atoms with Crippen molar-refractivity contribution in [3.8, 4) is 11.3 Å². The first-order valence-electron chi connectivity index (χ1n) is 6.87. The number of hydrogen-bond acceptors (Lipinski definition) is 4. The van der Waals surface area contributed by atoms with Gasteiger partial charge in [0.15, 0.2) is 0 Å². The lowest BCUT2D eigenvalue weighted by molar-refractivity contribution is 0.0953. The fraction of sp³-hybridized carbons (Fsp3) is 0.0588. The van der Waals surface area contributed by atoms with Crippen molar-refractivity contribution >= 4 is 23.7 Å². The van der Waals surface area contributed by atoms with Crippen LogP contribution < -0.4 is 5.43 Å². The highest BCUT2D eigenvalue weighted by molar-refractivity contribution is 6.30. The first kappa shape index (κ1) is 15.1. The maximum atomic E-state index is 11.9. The standard InChI is InChI=1S/C17H13ClN2O3/c1-11-15(7-8-22-11)17(21)20-19-10-14-5-6-16(23-14)12-3-2-4-13(18)9-12/h2-10H,1H3,(H,20,21). The Morgan fingerprint density at radius 1 is 1.26 bits per heavy atom. The van der Waals surface area contributed by atoms with Gasteiger partial charge in [0.05, 0.1) is 18.0 Å². The van der Waals surface area contributed by atoms with Crippen molar-refractivity contribution in [2.75, 3.05) is 0 Å². The predicted molar refractivity (Wildman–Crippen MR) is 87.7 cm³/mol. The number of carbonyl (C=O) groups excluding carboxylic acids is 1. The molecule has 0 spiro atoms. The second-order valence-electron chi connectivity index (χ2n) is 4.80. The minimum atomic E-state index is -0.339. The number of nitrogens with zero attached hydrogens (tertiary/aromatic N) is 1. The van der Waals surface area contributed by atoms with E-state index < -0.39 is 0 Å². The Hall–Kier alpha value is -2.79. The average Bonchev–Trinajstić information content (AvgIpc) is 3.16. The minimum Gasteiger partial charge on any atom is -0.469 e. The molecular weight excluding hydrogens is 316 g/mol. The molecule has 1 amide bonds. The molecule has 5 nitrogen and oxygen atoms in total. The Balaban J connectivity index is 1.67. The molecule has 23 heavy (non-hydrogen) atoms. The third-order valence-electron chi connectivity index (χ3n) is 3.20. The summed E-state index contributed by atoms with van der Waals surface area (Å²) in [6.07, 6.45) is 2.89. The highest BCUT2D eigenvalue weighted by Gasteiger charge is 2.10. The Morgan fingerprint density at radius 3 is 2.87 bits per heavy atom. The second-order valence-corrected chi connectivity index (χ2v) is 5.24. The molecule has 0 saturated carbocycles. The van der Waals surface area contributed by atoms with Crippen LogP contribution in [0.15, 0.2) is 62.7 Å². The molecule has 3 rings (SSSR count). The normalized spacial score (nSPS) is 11.0. The van der Waals surface area contributed by atoms with Crippen molar-refractivity contribution in [2.24, 2.45) is 5.10 Å². The summed E-state index contributed by atoms with van der Waals surface area (Å²) in [5, 5.41) is 4.51. The molecule has 1 N–H and O–H groups in total. The third kappa shape index (κ3) is 3.52. The zero-order valence-corrected chi connectivity index (χ0v) is 13.0. The van der Waals surface area contributed by atoms with Gasteiger partial charge in [0, 0.05) is 10.6 Å². The van der Waals surface area contributed by atoms with Crippen LogP contribution in [0.1, 0.15) is 21.9 Å². The number of halogens is 1. The van der Waals surface area contributed by atoms with Gasteiger partial charge in [0.1, 0.15) is 17.3 Å². The van der Waals surface area contributed by atoms with Crippen molar-refractivity contribution in [1.82, 2.24) is 5.43 Å². The number of hydrazone groups is 1. The maximum absolute atomic E-state index is 11.9. The van der Waals surface area contributed by atoms with Crippen molar-refractivity contribution in [3.05, 3.63) is 70.8 Å². The molecule has 0 aliphatic carbocycles. The molecule has 3 aromatic rings. The van der Waals surface area contributed by atoms with Gasteiger partial charge >= 0.3 is 0 Å². The van der Waals surface area contributed by atoms with E-state index in [1.54, 1.807) is 25.1 Å². The van der Waals surface area contributed by atoms with E-state index in [0.717, 1.165) is 5.56 Å². The van der Waals surface area contributed by atoms with Gasteiger partial charge in [-0.15, -0.1) is 0 Å². The first-order valence-corrected chi connectivity index (χ1v) is 7.24. The average molecular weight is 329 g/mol. The van der Waals surface area contributed by atoms with Crippen molar-refractivity contribution in [2.45, 2.75) is 6.92 Å². The molecule has 6 heteroatoms. The topological polar surface area (TPSA) is 67.7 Å². The van der Waals surface area contributed by atoms with E-state index in [9.17, 15) is 4.79 Å². The van der Waals surface area contributed by atoms with Crippen LogP contribution in [0.2, 0.25) is 5.02 Å². The smallest absolute Gasteiger partial charge is 0.274 e. The molecule has 0 aliphatic heterocycles. The fourth-order valence-corrected chi connectivity index (χ4v) is 2.24. The molecule has 0 atom stereocenters. The Kier molecular flexibility index (Phi) is 4.30. The predicted octanol–water partition coefficient (Wildman–Crippen LogP) is 4.27. The molecule has 2 aromatic heterocycles. The van der Waals surface area contributed by atoms with Crippen LogP contribution in [0.4, 0.5) is 0 Å². The molecule has 0 radical (unpaired) electrons.